The van der Waals surface area contributed by atoms with E-state index in [4.69, 9.17) is 16.5 Å². The lowest BCUT2D eigenvalue weighted by molar-refractivity contribution is 0.539. The first kappa shape index (κ1) is 20.7. The molecule has 0 atom stereocenters. The van der Waals surface area contributed by atoms with Crippen LogP contribution in [0.1, 0.15) is 58.6 Å². The van der Waals surface area contributed by atoms with Crippen LogP contribution in [0.4, 0.5) is 5.69 Å². The second-order valence-corrected chi connectivity index (χ2v) is 9.56. The number of rotatable bonds is 2. The number of nitrogens with zero attached hydrogens (tertiary/aromatic N) is 5. The molecule has 0 fully saturated rings. The van der Waals surface area contributed by atoms with Crippen LogP contribution >= 0.6 is 0 Å². The van der Waals surface area contributed by atoms with E-state index in [-0.39, 0.29) is 10.8 Å². The topological polar surface area (TPSA) is 48.0 Å². The molecule has 3 rings (SSSR count). The van der Waals surface area contributed by atoms with Gasteiger partial charge in [-0.2, -0.15) is 5.10 Å². The van der Waals surface area contributed by atoms with Crippen LogP contribution in [-0.4, -0.2) is 19.7 Å². The van der Waals surface area contributed by atoms with Gasteiger partial charge in [-0.05, 0) is 24.6 Å². The predicted molar refractivity (Wildman–Crippen MR) is 118 cm³/mol. The summed E-state index contributed by atoms with van der Waals surface area (Å²) in [5.41, 5.74) is 5.87. The molecule has 1 aromatic carbocycles. The molecule has 0 bridgehead atoms. The van der Waals surface area contributed by atoms with Gasteiger partial charge in [-0.1, -0.05) is 59.7 Å². The molecule has 5 heteroatoms. The van der Waals surface area contributed by atoms with E-state index in [1.807, 2.05) is 38.2 Å². The third kappa shape index (κ3) is 4.07. The minimum Gasteiger partial charge on any atom is -0.284 e. The van der Waals surface area contributed by atoms with Gasteiger partial charge in [0.1, 0.15) is 0 Å². The van der Waals surface area contributed by atoms with E-state index >= 15 is 0 Å². The molecule has 0 unspecified atom stereocenters. The highest BCUT2D eigenvalue weighted by Gasteiger charge is 2.24. The van der Waals surface area contributed by atoms with Crippen LogP contribution in [0.25, 0.3) is 27.5 Å². The number of aromatic nitrogens is 4. The molecule has 2 heterocycles. The van der Waals surface area contributed by atoms with Crippen molar-refractivity contribution >= 4 is 5.69 Å². The van der Waals surface area contributed by atoms with E-state index in [9.17, 15) is 0 Å². The van der Waals surface area contributed by atoms with Gasteiger partial charge in [0.2, 0.25) is 5.69 Å². The average Bonchev–Trinajstić information content (AvgIpc) is 2.94. The molecule has 0 N–H and O–H groups in total. The fourth-order valence-corrected chi connectivity index (χ4v) is 3.08. The van der Waals surface area contributed by atoms with Crippen molar-refractivity contribution in [3.05, 3.63) is 58.8 Å². The summed E-state index contributed by atoms with van der Waals surface area (Å²) in [6.45, 7) is 22.5. The Labute approximate surface area is 173 Å². The summed E-state index contributed by atoms with van der Waals surface area (Å²) in [6, 6.07) is 10.1. The lowest BCUT2D eigenvalue weighted by Gasteiger charge is -2.24. The molecular formula is C24H29N5. The largest absolute Gasteiger partial charge is 0.284 e. The Morgan fingerprint density at radius 1 is 0.897 bits per heavy atom. The van der Waals surface area contributed by atoms with E-state index < -0.39 is 0 Å². The third-order valence-corrected chi connectivity index (χ3v) is 5.07. The van der Waals surface area contributed by atoms with E-state index in [1.165, 1.54) is 0 Å². The van der Waals surface area contributed by atoms with Crippen LogP contribution in [0.5, 0.6) is 0 Å². The van der Waals surface area contributed by atoms with Gasteiger partial charge in [0.05, 0.1) is 23.7 Å². The molecule has 0 radical (unpaired) electrons. The standard InChI is InChI=1S/C24H29N5/c1-15-20(25-8)21(28-29(15)9)16-11-10-12-17(13-16)22-26-18(23(2,3)4)14-19(27-22)24(5,6)7/h10-14H,1-7,9H3. The summed E-state index contributed by atoms with van der Waals surface area (Å²) in [4.78, 5) is 13.5. The SMILES string of the molecule is [C-]#[N+]c1c(-c2cccc(-c3nc(C(C)(C)C)cc(C(C)(C)C)n3)c2)nn(C)c1C. The second-order valence-electron chi connectivity index (χ2n) is 9.56. The van der Waals surface area contributed by atoms with Crippen LogP contribution < -0.4 is 0 Å². The first-order chi connectivity index (χ1) is 13.4. The van der Waals surface area contributed by atoms with Gasteiger partial charge in [0.15, 0.2) is 5.82 Å². The molecule has 5 nitrogen and oxygen atoms in total. The second kappa shape index (κ2) is 7.11. The maximum Gasteiger partial charge on any atom is 0.234 e. The van der Waals surface area contributed by atoms with E-state index in [0.29, 0.717) is 17.2 Å². The lowest BCUT2D eigenvalue weighted by atomic mass is 9.86. The van der Waals surface area contributed by atoms with E-state index in [1.54, 1.807) is 4.68 Å². The highest BCUT2D eigenvalue weighted by atomic mass is 15.3. The molecule has 0 aliphatic carbocycles. The zero-order valence-electron chi connectivity index (χ0n) is 18.6. The molecule has 0 spiro atoms. The zero-order valence-corrected chi connectivity index (χ0v) is 18.6. The van der Waals surface area contributed by atoms with Crippen LogP contribution in [0.15, 0.2) is 30.3 Å². The van der Waals surface area contributed by atoms with E-state index in [2.05, 4.69) is 57.6 Å². The Hall–Kier alpha value is -3.00. The Morgan fingerprint density at radius 2 is 1.45 bits per heavy atom. The lowest BCUT2D eigenvalue weighted by Crippen LogP contribution is -2.20. The van der Waals surface area contributed by atoms with E-state index in [0.717, 1.165) is 28.2 Å². The summed E-state index contributed by atoms with van der Waals surface area (Å²) in [5.74, 6) is 0.709. The normalized spacial score (nSPS) is 12.1. The Bertz CT molecular complexity index is 1070. The van der Waals surface area contributed by atoms with Crippen LogP contribution in [0.3, 0.4) is 0 Å². The maximum atomic E-state index is 7.55. The predicted octanol–water partition coefficient (Wildman–Crippen LogP) is 6.00. The maximum absolute atomic E-state index is 7.55. The molecule has 0 aliphatic heterocycles. The number of hydrogen-bond donors (Lipinski definition) is 0. The molecule has 0 aliphatic rings. The van der Waals surface area contributed by atoms with Crippen molar-refractivity contribution < 1.29 is 0 Å². The molecule has 0 saturated carbocycles. The first-order valence-corrected chi connectivity index (χ1v) is 9.83. The average molecular weight is 388 g/mol. The van der Waals surface area contributed by atoms with Crippen molar-refractivity contribution in [2.24, 2.45) is 7.05 Å². The summed E-state index contributed by atoms with van der Waals surface area (Å²) in [6.07, 6.45) is 0. The van der Waals surface area contributed by atoms with Gasteiger partial charge >= 0.3 is 0 Å². The highest BCUT2D eigenvalue weighted by Crippen LogP contribution is 2.35. The van der Waals surface area contributed by atoms with Crippen LogP contribution in [-0.2, 0) is 17.9 Å². The minimum absolute atomic E-state index is 0.0787. The van der Waals surface area contributed by atoms with Crippen molar-refractivity contribution in [2.75, 3.05) is 0 Å². The summed E-state index contributed by atoms with van der Waals surface area (Å²) in [7, 11) is 1.86. The summed E-state index contributed by atoms with van der Waals surface area (Å²) < 4.78 is 1.75. The van der Waals surface area contributed by atoms with Gasteiger partial charge in [-0.25, -0.2) is 14.8 Å². The van der Waals surface area contributed by atoms with Gasteiger partial charge < -0.3 is 0 Å². The Kier molecular flexibility index (Phi) is 5.08. The zero-order chi connectivity index (χ0) is 21.6. The van der Waals surface area contributed by atoms with Crippen LogP contribution in [0, 0.1) is 13.5 Å². The van der Waals surface area contributed by atoms with Crippen molar-refractivity contribution in [3.63, 3.8) is 0 Å². The quantitative estimate of drug-likeness (QED) is 0.507. The molecular weight excluding hydrogens is 358 g/mol. The molecule has 3 aromatic rings. The number of hydrogen-bond acceptors (Lipinski definition) is 3. The smallest absolute Gasteiger partial charge is 0.234 e. The van der Waals surface area contributed by atoms with Gasteiger partial charge in [0, 0.05) is 29.1 Å². The van der Waals surface area contributed by atoms with Crippen molar-refractivity contribution in [3.8, 4) is 22.6 Å². The first-order valence-electron chi connectivity index (χ1n) is 9.83. The number of aryl methyl sites for hydroxylation is 1. The molecule has 2 aromatic heterocycles. The molecule has 29 heavy (non-hydrogen) atoms. The van der Waals surface area contributed by atoms with Gasteiger partial charge in [0.25, 0.3) is 0 Å². The van der Waals surface area contributed by atoms with Crippen LogP contribution in [0.2, 0.25) is 0 Å². The monoisotopic (exact) mass is 387 g/mol. The third-order valence-electron chi connectivity index (χ3n) is 5.07. The van der Waals surface area contributed by atoms with Crippen molar-refractivity contribution in [1.82, 2.24) is 19.7 Å². The fraction of sp³-hybridized carbons (Fsp3) is 0.417. The molecule has 0 saturated heterocycles. The summed E-state index contributed by atoms with van der Waals surface area (Å²) >= 11 is 0. The highest BCUT2D eigenvalue weighted by molar-refractivity contribution is 5.79. The number of benzene rings is 1. The molecule has 150 valence electrons. The summed E-state index contributed by atoms with van der Waals surface area (Å²) in [5, 5.41) is 4.56. The Morgan fingerprint density at radius 3 is 1.97 bits per heavy atom. The Balaban J connectivity index is 2.20. The molecule has 0 amide bonds. The van der Waals surface area contributed by atoms with Gasteiger partial charge in [-0.15, -0.1) is 0 Å². The fourth-order valence-electron chi connectivity index (χ4n) is 3.08. The van der Waals surface area contributed by atoms with Gasteiger partial charge in [-0.3, -0.25) is 4.68 Å². The van der Waals surface area contributed by atoms with Crippen molar-refractivity contribution in [2.45, 2.75) is 59.3 Å². The van der Waals surface area contributed by atoms with Crippen molar-refractivity contribution in [1.29, 1.82) is 0 Å². The minimum atomic E-state index is -0.0787.